The molecular weight excluding hydrogens is 250 g/mol. The zero-order valence-electron chi connectivity index (χ0n) is 12.5. The van der Waals surface area contributed by atoms with Gasteiger partial charge in [-0.1, -0.05) is 12.5 Å². The van der Waals surface area contributed by atoms with Gasteiger partial charge in [0, 0.05) is 31.4 Å². The second-order valence-electron chi connectivity index (χ2n) is 6.06. The van der Waals surface area contributed by atoms with Crippen molar-refractivity contribution in [2.24, 2.45) is 11.7 Å². The van der Waals surface area contributed by atoms with Gasteiger partial charge in [-0.3, -0.25) is 4.98 Å². The van der Waals surface area contributed by atoms with Crippen LogP contribution < -0.4 is 5.73 Å². The Balaban J connectivity index is 1.71. The van der Waals surface area contributed by atoms with Gasteiger partial charge in [0.25, 0.3) is 0 Å². The molecule has 0 spiro atoms. The molecular formula is C16H27N3O. The van der Waals surface area contributed by atoms with E-state index < -0.39 is 5.60 Å². The van der Waals surface area contributed by atoms with E-state index in [1.807, 2.05) is 18.3 Å². The number of nitrogens with zero attached hydrogens (tertiary/aromatic N) is 2. The standard InChI is InChI=1S/C16H27N3O/c1-19(12-8-15-6-2-3-10-18-15)11-7-14-5-4-9-16(14,20)13-17/h2-3,6,10,14,20H,4-5,7-9,11-13,17H2,1H3. The average molecular weight is 277 g/mol. The summed E-state index contributed by atoms with van der Waals surface area (Å²) in [6, 6.07) is 6.04. The van der Waals surface area contributed by atoms with Gasteiger partial charge < -0.3 is 15.7 Å². The second-order valence-corrected chi connectivity index (χ2v) is 6.06. The summed E-state index contributed by atoms with van der Waals surface area (Å²) in [4.78, 5) is 6.66. The molecule has 3 N–H and O–H groups in total. The van der Waals surface area contributed by atoms with Crippen LogP contribution in [0, 0.1) is 5.92 Å². The number of likely N-dealkylation sites (N-methyl/N-ethyl adjacent to an activating group) is 1. The molecule has 1 aliphatic rings. The Bertz CT molecular complexity index is 398. The second kappa shape index (κ2) is 7.16. The highest BCUT2D eigenvalue weighted by molar-refractivity contribution is 5.03. The summed E-state index contributed by atoms with van der Waals surface area (Å²) in [7, 11) is 2.14. The molecule has 1 saturated carbocycles. The maximum absolute atomic E-state index is 10.4. The monoisotopic (exact) mass is 277 g/mol. The van der Waals surface area contributed by atoms with Crippen molar-refractivity contribution in [3.63, 3.8) is 0 Å². The first-order valence-corrected chi connectivity index (χ1v) is 7.65. The first-order valence-electron chi connectivity index (χ1n) is 7.65. The summed E-state index contributed by atoms with van der Waals surface area (Å²) in [5.41, 5.74) is 6.26. The summed E-state index contributed by atoms with van der Waals surface area (Å²) < 4.78 is 0. The fraction of sp³-hybridized carbons (Fsp3) is 0.688. The Morgan fingerprint density at radius 1 is 1.45 bits per heavy atom. The highest BCUT2D eigenvalue weighted by Crippen LogP contribution is 2.37. The van der Waals surface area contributed by atoms with E-state index in [-0.39, 0.29) is 0 Å². The quantitative estimate of drug-likeness (QED) is 0.791. The number of aromatic nitrogens is 1. The molecule has 1 aromatic heterocycles. The molecule has 0 aliphatic heterocycles. The maximum atomic E-state index is 10.4. The predicted octanol–water partition coefficient (Wildman–Crippen LogP) is 1.44. The van der Waals surface area contributed by atoms with Crippen LogP contribution >= 0.6 is 0 Å². The molecule has 112 valence electrons. The molecule has 0 aromatic carbocycles. The number of hydrogen-bond donors (Lipinski definition) is 2. The fourth-order valence-corrected chi connectivity index (χ4v) is 3.15. The third-order valence-electron chi connectivity index (χ3n) is 4.61. The smallest absolute Gasteiger partial charge is 0.0797 e. The van der Waals surface area contributed by atoms with Gasteiger partial charge in [0.15, 0.2) is 0 Å². The molecule has 1 heterocycles. The van der Waals surface area contributed by atoms with Crippen LogP contribution in [-0.4, -0.2) is 47.3 Å². The number of pyridine rings is 1. The van der Waals surface area contributed by atoms with Crippen molar-refractivity contribution in [3.8, 4) is 0 Å². The van der Waals surface area contributed by atoms with E-state index in [1.54, 1.807) is 0 Å². The summed E-state index contributed by atoms with van der Waals surface area (Å²) in [5.74, 6) is 0.366. The van der Waals surface area contributed by atoms with Crippen LogP contribution in [0.2, 0.25) is 0 Å². The van der Waals surface area contributed by atoms with Crippen molar-refractivity contribution in [2.75, 3.05) is 26.7 Å². The average Bonchev–Trinajstić information content (AvgIpc) is 2.86. The van der Waals surface area contributed by atoms with Crippen LogP contribution in [0.5, 0.6) is 0 Å². The van der Waals surface area contributed by atoms with Crippen molar-refractivity contribution in [3.05, 3.63) is 30.1 Å². The van der Waals surface area contributed by atoms with Gasteiger partial charge in [-0.05, 0) is 50.9 Å². The van der Waals surface area contributed by atoms with E-state index in [2.05, 4.69) is 23.0 Å². The van der Waals surface area contributed by atoms with E-state index >= 15 is 0 Å². The van der Waals surface area contributed by atoms with Crippen molar-refractivity contribution in [1.82, 2.24) is 9.88 Å². The van der Waals surface area contributed by atoms with Gasteiger partial charge in [-0.2, -0.15) is 0 Å². The van der Waals surface area contributed by atoms with Crippen molar-refractivity contribution in [1.29, 1.82) is 0 Å². The molecule has 0 bridgehead atoms. The molecule has 1 aromatic rings. The highest BCUT2D eigenvalue weighted by atomic mass is 16.3. The highest BCUT2D eigenvalue weighted by Gasteiger charge is 2.39. The summed E-state index contributed by atoms with van der Waals surface area (Å²) >= 11 is 0. The van der Waals surface area contributed by atoms with Gasteiger partial charge in [0.1, 0.15) is 0 Å². The summed E-state index contributed by atoms with van der Waals surface area (Å²) in [6.07, 6.45) is 6.94. The third-order valence-corrected chi connectivity index (χ3v) is 4.61. The molecule has 0 saturated heterocycles. The zero-order chi connectivity index (χ0) is 14.4. The Hall–Kier alpha value is -0.970. The van der Waals surface area contributed by atoms with Crippen LogP contribution in [-0.2, 0) is 6.42 Å². The molecule has 0 radical (unpaired) electrons. The summed E-state index contributed by atoms with van der Waals surface area (Å²) in [6.45, 7) is 2.42. The largest absolute Gasteiger partial charge is 0.388 e. The minimum atomic E-state index is -0.609. The lowest BCUT2D eigenvalue weighted by Crippen LogP contribution is -2.42. The van der Waals surface area contributed by atoms with Gasteiger partial charge in [-0.25, -0.2) is 0 Å². The topological polar surface area (TPSA) is 62.4 Å². The van der Waals surface area contributed by atoms with E-state index in [1.165, 1.54) is 0 Å². The van der Waals surface area contributed by atoms with Crippen LogP contribution in [0.4, 0.5) is 0 Å². The van der Waals surface area contributed by atoms with Crippen LogP contribution in [0.3, 0.4) is 0 Å². The third kappa shape index (κ3) is 4.01. The van der Waals surface area contributed by atoms with Gasteiger partial charge in [0.2, 0.25) is 0 Å². The normalized spacial score (nSPS) is 26.3. The number of rotatable bonds is 7. The predicted molar refractivity (Wildman–Crippen MR) is 81.4 cm³/mol. The minimum Gasteiger partial charge on any atom is -0.388 e. The van der Waals surface area contributed by atoms with Crippen molar-refractivity contribution >= 4 is 0 Å². The first-order chi connectivity index (χ1) is 9.64. The molecule has 20 heavy (non-hydrogen) atoms. The molecule has 2 unspecified atom stereocenters. The summed E-state index contributed by atoms with van der Waals surface area (Å²) in [5, 5.41) is 10.4. The van der Waals surface area contributed by atoms with E-state index in [9.17, 15) is 5.11 Å². The molecule has 2 rings (SSSR count). The molecule has 1 fully saturated rings. The number of nitrogens with two attached hydrogens (primary N) is 1. The molecule has 4 nitrogen and oxygen atoms in total. The molecule has 1 aliphatic carbocycles. The minimum absolute atomic E-state index is 0.366. The SMILES string of the molecule is CN(CCc1ccccn1)CCC1CCCC1(O)CN. The van der Waals surface area contributed by atoms with Gasteiger partial charge in [0.05, 0.1) is 5.60 Å². The van der Waals surface area contributed by atoms with Crippen LogP contribution in [0.15, 0.2) is 24.4 Å². The number of hydrogen-bond acceptors (Lipinski definition) is 4. The van der Waals surface area contributed by atoms with E-state index in [4.69, 9.17) is 5.73 Å². The van der Waals surface area contributed by atoms with E-state index in [0.717, 1.165) is 50.9 Å². The van der Waals surface area contributed by atoms with Crippen LogP contribution in [0.25, 0.3) is 0 Å². The van der Waals surface area contributed by atoms with Gasteiger partial charge in [-0.15, -0.1) is 0 Å². The van der Waals surface area contributed by atoms with Gasteiger partial charge >= 0.3 is 0 Å². The Morgan fingerprint density at radius 3 is 3.00 bits per heavy atom. The lowest BCUT2D eigenvalue weighted by Gasteiger charge is -2.30. The zero-order valence-corrected chi connectivity index (χ0v) is 12.5. The molecule has 0 amide bonds. The Kier molecular flexibility index (Phi) is 5.52. The Morgan fingerprint density at radius 2 is 2.30 bits per heavy atom. The fourth-order valence-electron chi connectivity index (χ4n) is 3.15. The lowest BCUT2D eigenvalue weighted by atomic mass is 9.88. The van der Waals surface area contributed by atoms with Crippen molar-refractivity contribution in [2.45, 2.75) is 37.7 Å². The maximum Gasteiger partial charge on any atom is 0.0797 e. The first kappa shape index (κ1) is 15.4. The molecule has 4 heteroatoms. The Labute approximate surface area is 122 Å². The lowest BCUT2D eigenvalue weighted by molar-refractivity contribution is 0.00537. The molecule has 2 atom stereocenters. The van der Waals surface area contributed by atoms with E-state index in [0.29, 0.717) is 12.5 Å². The van der Waals surface area contributed by atoms with Crippen LogP contribution in [0.1, 0.15) is 31.4 Å². The number of aliphatic hydroxyl groups is 1. The van der Waals surface area contributed by atoms with Crippen molar-refractivity contribution < 1.29 is 5.11 Å².